The van der Waals surface area contributed by atoms with Gasteiger partial charge in [0.25, 0.3) is 0 Å². The molecule has 1 atom stereocenters. The Morgan fingerprint density at radius 3 is 2.58 bits per heavy atom. The zero-order valence-corrected chi connectivity index (χ0v) is 11.1. The Kier molecular flexibility index (Phi) is 3.53. The lowest BCUT2D eigenvalue weighted by molar-refractivity contribution is 0.101. The van der Waals surface area contributed by atoms with Crippen LogP contribution in [0.15, 0.2) is 36.7 Å². The molecule has 3 nitrogen and oxygen atoms in total. The maximum absolute atomic E-state index is 13.6. The number of pyridine rings is 1. The van der Waals surface area contributed by atoms with Crippen LogP contribution in [0.4, 0.5) is 4.39 Å². The Balaban J connectivity index is 2.47. The number of rotatable bonds is 3. The molecule has 0 aliphatic carbocycles. The highest BCUT2D eigenvalue weighted by Gasteiger charge is 2.27. The quantitative estimate of drug-likeness (QED) is 0.923. The first kappa shape index (κ1) is 13.5. The predicted molar refractivity (Wildman–Crippen MR) is 70.6 cm³/mol. The predicted octanol–water partition coefficient (Wildman–Crippen LogP) is 2.79. The molecular weight excluding hydrogens is 245 g/mol. The molecule has 1 N–H and O–H groups in total. The number of nitrogens with zero attached hydrogens (tertiary/aromatic N) is 1. The third-order valence-corrected chi connectivity index (χ3v) is 3.24. The molecule has 0 spiro atoms. The van der Waals surface area contributed by atoms with Crippen LogP contribution in [0.1, 0.15) is 23.6 Å². The minimum Gasteiger partial charge on any atom is -0.495 e. The number of hydrogen-bond acceptors (Lipinski definition) is 3. The summed E-state index contributed by atoms with van der Waals surface area (Å²) in [5, 5.41) is 10.6. The van der Waals surface area contributed by atoms with Crippen molar-refractivity contribution in [3.05, 3.63) is 59.2 Å². The second-order valence-corrected chi connectivity index (χ2v) is 4.65. The molecule has 1 heterocycles. The van der Waals surface area contributed by atoms with Crippen LogP contribution in [0.5, 0.6) is 5.75 Å². The van der Waals surface area contributed by atoms with Crippen LogP contribution in [0, 0.1) is 12.7 Å². The average Bonchev–Trinajstić information content (AvgIpc) is 2.41. The summed E-state index contributed by atoms with van der Waals surface area (Å²) in [6.45, 7) is 3.29. The van der Waals surface area contributed by atoms with Gasteiger partial charge in [-0.05, 0) is 37.1 Å². The zero-order valence-electron chi connectivity index (χ0n) is 11.1. The molecular formula is C15H16FNO2. The van der Waals surface area contributed by atoms with E-state index in [4.69, 9.17) is 4.74 Å². The summed E-state index contributed by atoms with van der Waals surface area (Å²) >= 11 is 0. The van der Waals surface area contributed by atoms with Crippen LogP contribution in [0.3, 0.4) is 0 Å². The third kappa shape index (κ3) is 2.58. The SMILES string of the molecule is COc1cncc(C(C)(O)c2ccc(C)c(F)c2)c1. The van der Waals surface area contributed by atoms with Gasteiger partial charge >= 0.3 is 0 Å². The lowest BCUT2D eigenvalue weighted by atomic mass is 9.88. The van der Waals surface area contributed by atoms with E-state index in [1.54, 1.807) is 44.4 Å². The van der Waals surface area contributed by atoms with E-state index in [1.165, 1.54) is 13.2 Å². The van der Waals surface area contributed by atoms with Gasteiger partial charge in [0.1, 0.15) is 17.2 Å². The van der Waals surface area contributed by atoms with Crippen molar-refractivity contribution in [2.75, 3.05) is 7.11 Å². The minimum atomic E-state index is -1.32. The standard InChI is InChI=1S/C15H16FNO2/c1-10-4-5-11(7-14(10)16)15(2,18)12-6-13(19-3)9-17-8-12/h4-9,18H,1-3H3. The van der Waals surface area contributed by atoms with Gasteiger partial charge in [0.05, 0.1) is 13.3 Å². The third-order valence-electron chi connectivity index (χ3n) is 3.24. The molecule has 0 aliphatic rings. The highest BCUT2D eigenvalue weighted by Crippen LogP contribution is 2.31. The van der Waals surface area contributed by atoms with Gasteiger partial charge in [0.15, 0.2) is 0 Å². The molecule has 1 aromatic carbocycles. The summed E-state index contributed by atoms with van der Waals surface area (Å²) in [4.78, 5) is 4.01. The monoisotopic (exact) mass is 261 g/mol. The van der Waals surface area contributed by atoms with Gasteiger partial charge < -0.3 is 9.84 Å². The van der Waals surface area contributed by atoms with Gasteiger partial charge in [-0.25, -0.2) is 4.39 Å². The molecule has 1 unspecified atom stereocenters. The van der Waals surface area contributed by atoms with Crippen molar-refractivity contribution in [2.24, 2.45) is 0 Å². The number of aryl methyl sites for hydroxylation is 1. The van der Waals surface area contributed by atoms with Crippen LogP contribution < -0.4 is 4.74 Å². The Labute approximate surface area is 111 Å². The van der Waals surface area contributed by atoms with Crippen molar-refractivity contribution in [1.82, 2.24) is 4.98 Å². The molecule has 1 aromatic heterocycles. The van der Waals surface area contributed by atoms with Crippen LogP contribution in [-0.4, -0.2) is 17.2 Å². The molecule has 0 radical (unpaired) electrons. The fourth-order valence-corrected chi connectivity index (χ4v) is 1.86. The maximum Gasteiger partial charge on any atom is 0.137 e. The molecule has 4 heteroatoms. The Morgan fingerprint density at radius 1 is 1.21 bits per heavy atom. The number of aromatic nitrogens is 1. The fourth-order valence-electron chi connectivity index (χ4n) is 1.86. The zero-order chi connectivity index (χ0) is 14.0. The maximum atomic E-state index is 13.6. The smallest absolute Gasteiger partial charge is 0.137 e. The first-order valence-electron chi connectivity index (χ1n) is 5.93. The van der Waals surface area contributed by atoms with Crippen LogP contribution >= 0.6 is 0 Å². The van der Waals surface area contributed by atoms with Crippen molar-refractivity contribution in [3.8, 4) is 5.75 Å². The highest BCUT2D eigenvalue weighted by atomic mass is 19.1. The molecule has 0 fully saturated rings. The summed E-state index contributed by atoms with van der Waals surface area (Å²) in [5.41, 5.74) is 0.250. The van der Waals surface area contributed by atoms with E-state index in [0.717, 1.165) is 0 Å². The molecule has 0 amide bonds. The van der Waals surface area contributed by atoms with Crippen molar-refractivity contribution in [3.63, 3.8) is 0 Å². The summed E-state index contributed by atoms with van der Waals surface area (Å²) < 4.78 is 18.7. The van der Waals surface area contributed by atoms with E-state index in [9.17, 15) is 9.50 Å². The molecule has 0 saturated heterocycles. The van der Waals surface area contributed by atoms with Crippen LogP contribution in [0.25, 0.3) is 0 Å². The number of benzene rings is 1. The first-order valence-corrected chi connectivity index (χ1v) is 5.93. The van der Waals surface area contributed by atoms with E-state index in [0.29, 0.717) is 22.4 Å². The van der Waals surface area contributed by atoms with Gasteiger partial charge in [-0.3, -0.25) is 4.98 Å². The second kappa shape index (κ2) is 4.97. The highest BCUT2D eigenvalue weighted by molar-refractivity contribution is 5.38. The van der Waals surface area contributed by atoms with Crippen molar-refractivity contribution in [1.29, 1.82) is 0 Å². The van der Waals surface area contributed by atoms with Gasteiger partial charge in [-0.2, -0.15) is 0 Å². The van der Waals surface area contributed by atoms with Crippen molar-refractivity contribution in [2.45, 2.75) is 19.4 Å². The normalized spacial score (nSPS) is 13.9. The lowest BCUT2D eigenvalue weighted by Gasteiger charge is -2.24. The van der Waals surface area contributed by atoms with Gasteiger partial charge in [-0.15, -0.1) is 0 Å². The summed E-state index contributed by atoms with van der Waals surface area (Å²) in [6.07, 6.45) is 3.09. The Morgan fingerprint density at radius 2 is 1.95 bits per heavy atom. The lowest BCUT2D eigenvalue weighted by Crippen LogP contribution is -2.23. The van der Waals surface area contributed by atoms with E-state index >= 15 is 0 Å². The average molecular weight is 261 g/mol. The van der Waals surface area contributed by atoms with E-state index in [1.807, 2.05) is 0 Å². The summed E-state index contributed by atoms with van der Waals surface area (Å²) in [7, 11) is 1.53. The molecule has 19 heavy (non-hydrogen) atoms. The molecule has 0 aliphatic heterocycles. The number of aliphatic hydroxyl groups is 1. The largest absolute Gasteiger partial charge is 0.495 e. The number of halogens is 1. The molecule has 2 rings (SSSR count). The van der Waals surface area contributed by atoms with Crippen LogP contribution in [0.2, 0.25) is 0 Å². The van der Waals surface area contributed by atoms with Crippen molar-refractivity contribution < 1.29 is 14.2 Å². The molecule has 0 saturated carbocycles. The summed E-state index contributed by atoms with van der Waals surface area (Å²) in [6, 6.07) is 6.38. The van der Waals surface area contributed by atoms with Gasteiger partial charge in [0, 0.05) is 11.8 Å². The molecule has 100 valence electrons. The molecule has 2 aromatic rings. The minimum absolute atomic E-state index is 0.339. The Bertz CT molecular complexity index is 596. The number of hydrogen-bond donors (Lipinski definition) is 1. The van der Waals surface area contributed by atoms with E-state index < -0.39 is 5.60 Å². The number of methoxy groups -OCH3 is 1. The van der Waals surface area contributed by atoms with Gasteiger partial charge in [0.2, 0.25) is 0 Å². The first-order chi connectivity index (χ1) is 8.95. The van der Waals surface area contributed by atoms with E-state index in [2.05, 4.69) is 4.98 Å². The Hall–Kier alpha value is -1.94. The number of ether oxygens (including phenoxy) is 1. The van der Waals surface area contributed by atoms with E-state index in [-0.39, 0.29) is 5.82 Å². The topological polar surface area (TPSA) is 42.4 Å². The van der Waals surface area contributed by atoms with Crippen LogP contribution in [-0.2, 0) is 5.60 Å². The molecule has 0 bridgehead atoms. The second-order valence-electron chi connectivity index (χ2n) is 4.65. The summed E-state index contributed by atoms with van der Waals surface area (Å²) in [5.74, 6) is 0.207. The van der Waals surface area contributed by atoms with Gasteiger partial charge in [-0.1, -0.05) is 12.1 Å². The van der Waals surface area contributed by atoms with Crippen molar-refractivity contribution >= 4 is 0 Å². The fraction of sp³-hybridized carbons (Fsp3) is 0.267.